The molecule has 0 amide bonds. The van der Waals surface area contributed by atoms with Crippen LogP contribution in [0.5, 0.6) is 5.75 Å². The van der Waals surface area contributed by atoms with Crippen LogP contribution in [0.1, 0.15) is 32.3 Å². The van der Waals surface area contributed by atoms with Crippen molar-refractivity contribution in [1.29, 1.82) is 0 Å². The normalized spacial score (nSPS) is 19.3. The zero-order valence-electron chi connectivity index (χ0n) is 19.3. The number of hydrogen-bond donors (Lipinski definition) is 2. The van der Waals surface area contributed by atoms with Crippen LogP contribution < -0.4 is 27.4 Å². The van der Waals surface area contributed by atoms with E-state index in [0.717, 1.165) is 29.8 Å². The monoisotopic (exact) mass is 511 g/mol. The van der Waals surface area contributed by atoms with Gasteiger partial charge in [0.05, 0.1) is 42.8 Å². The molecule has 1 fully saturated rings. The summed E-state index contributed by atoms with van der Waals surface area (Å²) in [7, 11) is 1.65. The summed E-state index contributed by atoms with van der Waals surface area (Å²) in [6.07, 6.45) is 3.52. The third kappa shape index (κ3) is 6.69. The van der Waals surface area contributed by atoms with Gasteiger partial charge in [0.25, 0.3) is 6.01 Å². The van der Waals surface area contributed by atoms with Gasteiger partial charge in [0.2, 0.25) is 0 Å². The lowest BCUT2D eigenvalue weighted by molar-refractivity contribution is -0.907. The van der Waals surface area contributed by atoms with Crippen molar-refractivity contribution >= 4 is 40.3 Å². The number of oxazole rings is 1. The molecule has 0 radical (unpaired) electrons. The van der Waals surface area contributed by atoms with E-state index in [4.69, 9.17) is 32.4 Å². The molecule has 5 nitrogen and oxygen atoms in total. The molecular weight excluding hydrogens is 481 g/mol. The number of nitrogens with zero attached hydrogens (tertiary/aromatic N) is 1. The number of ether oxygens (including phenoxy) is 1. The lowest BCUT2D eigenvalue weighted by Gasteiger charge is -2.33. The van der Waals surface area contributed by atoms with E-state index < -0.39 is 0 Å². The highest BCUT2D eigenvalue weighted by Crippen LogP contribution is 2.26. The quantitative estimate of drug-likeness (QED) is 0.486. The van der Waals surface area contributed by atoms with Crippen LogP contribution in [0.25, 0.3) is 11.1 Å². The summed E-state index contributed by atoms with van der Waals surface area (Å²) in [5, 5.41) is 4.82. The number of anilines is 1. The molecule has 33 heavy (non-hydrogen) atoms. The fraction of sp³-hybridized carbons (Fsp3) is 0.480. The maximum Gasteiger partial charge on any atom is 0.296 e. The van der Waals surface area contributed by atoms with Crippen LogP contribution >= 0.6 is 23.2 Å². The molecule has 8 heteroatoms. The third-order valence-electron chi connectivity index (χ3n) is 6.54. The van der Waals surface area contributed by atoms with Gasteiger partial charge in [-0.15, -0.1) is 0 Å². The minimum atomic E-state index is 0. The van der Waals surface area contributed by atoms with Gasteiger partial charge in [-0.1, -0.05) is 43.1 Å². The number of rotatable bonds is 8. The minimum Gasteiger partial charge on any atom is -1.00 e. The van der Waals surface area contributed by atoms with Crippen LogP contribution in [0.2, 0.25) is 10.0 Å². The Morgan fingerprint density at radius 1 is 1.12 bits per heavy atom. The Labute approximate surface area is 212 Å². The van der Waals surface area contributed by atoms with Crippen molar-refractivity contribution in [3.05, 3.63) is 52.0 Å². The summed E-state index contributed by atoms with van der Waals surface area (Å²) in [5.74, 6) is 1.95. The molecule has 2 N–H and O–H groups in total. The van der Waals surface area contributed by atoms with Gasteiger partial charge in [-0.2, -0.15) is 4.98 Å². The summed E-state index contributed by atoms with van der Waals surface area (Å²) in [6, 6.07) is 12.6. The summed E-state index contributed by atoms with van der Waals surface area (Å²) in [5.41, 5.74) is 2.86. The zero-order chi connectivity index (χ0) is 22.7. The molecular formula is C25H32Cl3N3O2. The number of likely N-dealkylation sites (tertiary alicyclic amines) is 1. The van der Waals surface area contributed by atoms with Gasteiger partial charge < -0.3 is 31.8 Å². The van der Waals surface area contributed by atoms with Crippen molar-refractivity contribution in [2.75, 3.05) is 32.1 Å². The van der Waals surface area contributed by atoms with Crippen LogP contribution in [0.3, 0.4) is 0 Å². The van der Waals surface area contributed by atoms with E-state index in [0.29, 0.717) is 33.9 Å². The molecule has 3 aromatic rings. The van der Waals surface area contributed by atoms with Crippen LogP contribution in [0.4, 0.5) is 6.01 Å². The van der Waals surface area contributed by atoms with Crippen molar-refractivity contribution < 1.29 is 26.5 Å². The average Bonchev–Trinajstić information content (AvgIpc) is 3.18. The lowest BCUT2D eigenvalue weighted by atomic mass is 9.89. The Hall–Kier alpha value is -1.66. The second kappa shape index (κ2) is 11.7. The molecule has 1 aliphatic rings. The first-order valence-electron chi connectivity index (χ1n) is 11.4. The van der Waals surface area contributed by atoms with E-state index in [1.165, 1.54) is 31.5 Å². The molecule has 2 heterocycles. The predicted molar refractivity (Wildman–Crippen MR) is 131 cm³/mol. The fourth-order valence-corrected chi connectivity index (χ4v) is 4.83. The van der Waals surface area contributed by atoms with Crippen LogP contribution in [-0.4, -0.2) is 37.8 Å². The average molecular weight is 513 g/mol. The molecule has 0 unspecified atom stereocenters. The lowest BCUT2D eigenvalue weighted by Crippen LogP contribution is -3.14. The molecule has 4 rings (SSSR count). The summed E-state index contributed by atoms with van der Waals surface area (Å²) >= 11 is 12.2. The molecule has 2 aromatic carbocycles. The van der Waals surface area contributed by atoms with E-state index in [-0.39, 0.29) is 12.4 Å². The Balaban J connectivity index is 0.00000306. The fourth-order valence-electron chi connectivity index (χ4n) is 4.51. The Morgan fingerprint density at radius 3 is 2.55 bits per heavy atom. The van der Waals surface area contributed by atoms with Crippen LogP contribution in [-0.2, 0) is 6.42 Å². The number of benzene rings is 2. The van der Waals surface area contributed by atoms with Crippen molar-refractivity contribution in [3.63, 3.8) is 0 Å². The molecule has 0 spiro atoms. The number of methoxy groups -OCH3 is 1. The van der Waals surface area contributed by atoms with Crippen molar-refractivity contribution in [2.45, 2.75) is 39.2 Å². The minimum absolute atomic E-state index is 0. The van der Waals surface area contributed by atoms with E-state index in [2.05, 4.69) is 30.2 Å². The van der Waals surface area contributed by atoms with Gasteiger partial charge in [0.15, 0.2) is 5.58 Å². The van der Waals surface area contributed by atoms with E-state index in [1.807, 2.05) is 30.3 Å². The second-order valence-electron chi connectivity index (χ2n) is 9.20. The van der Waals surface area contributed by atoms with Gasteiger partial charge in [0.1, 0.15) is 11.3 Å². The second-order valence-corrected chi connectivity index (χ2v) is 10.0. The van der Waals surface area contributed by atoms with Gasteiger partial charge in [-0.25, -0.2) is 0 Å². The van der Waals surface area contributed by atoms with Crippen molar-refractivity contribution in [2.24, 2.45) is 11.8 Å². The molecule has 1 aliphatic heterocycles. The smallest absolute Gasteiger partial charge is 0.296 e. The maximum atomic E-state index is 6.19. The number of piperidine rings is 1. The van der Waals surface area contributed by atoms with Crippen molar-refractivity contribution in [3.8, 4) is 5.75 Å². The van der Waals surface area contributed by atoms with Gasteiger partial charge in [-0.3, -0.25) is 0 Å². The third-order valence-corrected chi connectivity index (χ3v) is 7.28. The molecule has 0 aliphatic carbocycles. The van der Waals surface area contributed by atoms with Gasteiger partial charge in [0, 0.05) is 6.07 Å². The zero-order valence-corrected chi connectivity index (χ0v) is 21.6. The number of nitrogens with one attached hydrogen (secondary N) is 2. The number of quaternary nitrogens is 1. The first-order chi connectivity index (χ1) is 15.4. The Bertz CT molecular complexity index is 1050. The molecule has 0 bridgehead atoms. The van der Waals surface area contributed by atoms with E-state index in [1.54, 1.807) is 12.0 Å². The highest BCUT2D eigenvalue weighted by Gasteiger charge is 2.27. The number of halogens is 3. The first-order valence-corrected chi connectivity index (χ1v) is 12.2. The maximum absolute atomic E-state index is 6.19. The van der Waals surface area contributed by atoms with Gasteiger partial charge in [-0.05, 0) is 60.9 Å². The highest BCUT2D eigenvalue weighted by atomic mass is 35.5. The van der Waals surface area contributed by atoms with E-state index in [9.17, 15) is 0 Å². The SMILES string of the molecule is COc1ccc2nc(N[C@@H](C[NH+]3CCC(Cc4ccc(Cl)c(Cl)c4)CC3)C(C)C)oc2c1.[Cl-]. The number of fused-ring (bicyclic) bond motifs is 1. The number of hydrogen-bond acceptors (Lipinski definition) is 4. The largest absolute Gasteiger partial charge is 1.00 e. The first kappa shape index (κ1) is 26.0. The Morgan fingerprint density at radius 2 is 1.88 bits per heavy atom. The predicted octanol–water partition coefficient (Wildman–Crippen LogP) is 2.12. The summed E-state index contributed by atoms with van der Waals surface area (Å²) < 4.78 is 11.2. The summed E-state index contributed by atoms with van der Waals surface area (Å²) in [6.45, 7) is 7.92. The molecule has 1 aromatic heterocycles. The van der Waals surface area contributed by atoms with Crippen molar-refractivity contribution in [1.82, 2.24) is 4.98 Å². The Kier molecular flexibility index (Phi) is 9.17. The molecule has 180 valence electrons. The standard InChI is InChI=1S/C25H31Cl2N3O2.ClH/c1-16(2)23(29-25-28-22-7-5-19(31-3)14-24(22)32-25)15-30-10-8-17(9-11-30)12-18-4-6-20(26)21(27)13-18;/h4-7,13-14,16-17,23H,8-12,15H2,1-3H3,(H,28,29);1H/t23-;/m0./s1. The number of aromatic nitrogens is 1. The summed E-state index contributed by atoms with van der Waals surface area (Å²) in [4.78, 5) is 6.25. The molecule has 1 saturated heterocycles. The topological polar surface area (TPSA) is 51.7 Å². The molecule has 1 atom stereocenters. The highest BCUT2D eigenvalue weighted by molar-refractivity contribution is 6.42. The van der Waals surface area contributed by atoms with Crippen LogP contribution in [0.15, 0.2) is 40.8 Å². The molecule has 0 saturated carbocycles. The van der Waals surface area contributed by atoms with Crippen LogP contribution in [0, 0.1) is 11.8 Å². The van der Waals surface area contributed by atoms with E-state index >= 15 is 0 Å². The van der Waals surface area contributed by atoms with Gasteiger partial charge >= 0.3 is 0 Å².